The fourth-order valence-corrected chi connectivity index (χ4v) is 3.69. The highest BCUT2D eigenvalue weighted by atomic mass is 32.2. The van der Waals surface area contributed by atoms with E-state index in [9.17, 15) is 22.2 Å². The molecular formula is C19H20F3N3O3S. The first-order chi connectivity index (χ1) is 13.8. The first-order valence-corrected chi connectivity index (χ1v) is 10.00. The number of rotatable bonds is 5. The standard InChI is InChI=1S/C19H20F3N3O3S/c1-12-10-24(11-14-4-7-16(20)18(22)17(14)21)8-9-25(12)19(26)13-2-5-15(6-3-13)23-29(27)28/h2-7,12,23H,8-11H2,1H3,(H,27,28). The Balaban J connectivity index is 1.63. The molecule has 0 saturated carbocycles. The second-order valence-corrected chi connectivity index (χ2v) is 7.55. The molecule has 0 aliphatic carbocycles. The van der Waals surface area contributed by atoms with E-state index in [1.54, 1.807) is 17.0 Å². The lowest BCUT2D eigenvalue weighted by molar-refractivity contribution is 0.0473. The van der Waals surface area contributed by atoms with Crippen LogP contribution in [0.4, 0.5) is 18.9 Å². The van der Waals surface area contributed by atoms with Crippen molar-refractivity contribution >= 4 is 22.9 Å². The summed E-state index contributed by atoms with van der Waals surface area (Å²) in [6.07, 6.45) is 0. The summed E-state index contributed by atoms with van der Waals surface area (Å²) in [4.78, 5) is 16.3. The van der Waals surface area contributed by atoms with E-state index < -0.39 is 28.7 Å². The van der Waals surface area contributed by atoms with Gasteiger partial charge in [-0.3, -0.25) is 19.0 Å². The quantitative estimate of drug-likeness (QED) is 0.569. The van der Waals surface area contributed by atoms with E-state index in [4.69, 9.17) is 4.55 Å². The first-order valence-electron chi connectivity index (χ1n) is 8.89. The van der Waals surface area contributed by atoms with Crippen molar-refractivity contribution in [2.75, 3.05) is 24.4 Å². The maximum atomic E-state index is 13.9. The van der Waals surface area contributed by atoms with E-state index >= 15 is 0 Å². The van der Waals surface area contributed by atoms with Crippen molar-refractivity contribution in [2.24, 2.45) is 0 Å². The number of carbonyl (C=O) groups is 1. The summed E-state index contributed by atoms with van der Waals surface area (Å²) in [6.45, 7) is 3.28. The molecule has 2 aromatic carbocycles. The van der Waals surface area contributed by atoms with E-state index in [-0.39, 0.29) is 24.1 Å². The fraction of sp³-hybridized carbons (Fsp3) is 0.316. The second-order valence-electron chi connectivity index (χ2n) is 6.85. The minimum Gasteiger partial charge on any atom is -0.333 e. The second kappa shape index (κ2) is 8.93. The predicted octanol–water partition coefficient (Wildman–Crippen LogP) is 3.00. The highest BCUT2D eigenvalue weighted by Gasteiger charge is 2.29. The number of nitrogens with one attached hydrogen (secondary N) is 1. The molecule has 1 aliphatic heterocycles. The van der Waals surface area contributed by atoms with Crippen LogP contribution in [0.2, 0.25) is 0 Å². The van der Waals surface area contributed by atoms with Crippen molar-refractivity contribution in [3.05, 3.63) is 65.0 Å². The lowest BCUT2D eigenvalue weighted by atomic mass is 10.1. The van der Waals surface area contributed by atoms with Crippen LogP contribution in [0.15, 0.2) is 36.4 Å². The number of hydrogen-bond donors (Lipinski definition) is 2. The normalized spacial score (nSPS) is 18.5. The Hall–Kier alpha value is -2.43. The van der Waals surface area contributed by atoms with Gasteiger partial charge in [-0.05, 0) is 37.3 Å². The lowest BCUT2D eigenvalue weighted by Gasteiger charge is -2.40. The molecule has 0 aromatic heterocycles. The molecule has 1 aliphatic rings. The SMILES string of the molecule is CC1CN(Cc2ccc(F)c(F)c2F)CCN1C(=O)c1ccc(NS(=O)O)cc1. The molecule has 1 saturated heterocycles. The number of piperazine rings is 1. The zero-order chi connectivity index (χ0) is 21.1. The van der Waals surface area contributed by atoms with Crippen molar-refractivity contribution < 1.29 is 26.7 Å². The van der Waals surface area contributed by atoms with E-state index in [1.807, 2.05) is 11.8 Å². The Morgan fingerprint density at radius 3 is 2.45 bits per heavy atom. The molecule has 0 bridgehead atoms. The molecule has 0 spiro atoms. The predicted molar refractivity (Wildman–Crippen MR) is 103 cm³/mol. The molecule has 10 heteroatoms. The van der Waals surface area contributed by atoms with Crippen LogP contribution < -0.4 is 4.72 Å². The summed E-state index contributed by atoms with van der Waals surface area (Å²) in [5.41, 5.74) is 0.917. The van der Waals surface area contributed by atoms with Gasteiger partial charge < -0.3 is 4.90 Å². The van der Waals surface area contributed by atoms with Crippen LogP contribution in [0.25, 0.3) is 0 Å². The van der Waals surface area contributed by atoms with Crippen molar-refractivity contribution in [3.8, 4) is 0 Å². The van der Waals surface area contributed by atoms with Gasteiger partial charge in [0.2, 0.25) is 0 Å². The molecule has 2 N–H and O–H groups in total. The number of halogens is 3. The van der Waals surface area contributed by atoms with Gasteiger partial charge in [-0.2, -0.15) is 0 Å². The molecule has 156 valence electrons. The van der Waals surface area contributed by atoms with Gasteiger partial charge in [-0.25, -0.2) is 17.4 Å². The minimum atomic E-state index is -2.19. The van der Waals surface area contributed by atoms with E-state index in [0.29, 0.717) is 30.9 Å². The van der Waals surface area contributed by atoms with Crippen LogP contribution in [0.3, 0.4) is 0 Å². The third-order valence-corrected chi connectivity index (χ3v) is 5.23. The summed E-state index contributed by atoms with van der Waals surface area (Å²) in [7, 11) is 0. The topological polar surface area (TPSA) is 72.9 Å². The molecule has 2 atom stereocenters. The number of carbonyl (C=O) groups excluding carboxylic acids is 1. The lowest BCUT2D eigenvalue weighted by Crippen LogP contribution is -2.53. The Morgan fingerprint density at radius 2 is 1.83 bits per heavy atom. The van der Waals surface area contributed by atoms with Gasteiger partial charge in [0.1, 0.15) is 0 Å². The van der Waals surface area contributed by atoms with Crippen molar-refractivity contribution in [1.82, 2.24) is 9.80 Å². The summed E-state index contributed by atoms with van der Waals surface area (Å²) in [6, 6.07) is 8.16. The minimum absolute atomic E-state index is 0.0697. The van der Waals surface area contributed by atoms with E-state index in [0.717, 1.165) is 6.07 Å². The third kappa shape index (κ3) is 4.95. The Morgan fingerprint density at radius 1 is 1.14 bits per heavy atom. The van der Waals surface area contributed by atoms with E-state index in [2.05, 4.69) is 4.72 Å². The number of benzene rings is 2. The van der Waals surface area contributed by atoms with Crippen LogP contribution >= 0.6 is 0 Å². The van der Waals surface area contributed by atoms with Crippen LogP contribution in [0.1, 0.15) is 22.8 Å². The Kier molecular flexibility index (Phi) is 6.56. The molecular weight excluding hydrogens is 407 g/mol. The smallest absolute Gasteiger partial charge is 0.259 e. The van der Waals surface area contributed by atoms with Crippen molar-refractivity contribution in [3.63, 3.8) is 0 Å². The molecule has 1 amide bonds. The van der Waals surface area contributed by atoms with Crippen LogP contribution in [-0.2, 0) is 17.8 Å². The van der Waals surface area contributed by atoms with Gasteiger partial charge >= 0.3 is 0 Å². The van der Waals surface area contributed by atoms with Crippen molar-refractivity contribution in [2.45, 2.75) is 19.5 Å². The van der Waals surface area contributed by atoms with Gasteiger partial charge in [-0.15, -0.1) is 0 Å². The number of amides is 1. The van der Waals surface area contributed by atoms with Gasteiger partial charge in [0, 0.05) is 49.0 Å². The maximum absolute atomic E-state index is 13.9. The molecule has 6 nitrogen and oxygen atoms in total. The van der Waals surface area contributed by atoms with Crippen LogP contribution in [0.5, 0.6) is 0 Å². The molecule has 1 heterocycles. The number of anilines is 1. The highest BCUT2D eigenvalue weighted by Crippen LogP contribution is 2.20. The molecule has 2 unspecified atom stereocenters. The van der Waals surface area contributed by atoms with Gasteiger partial charge in [-0.1, -0.05) is 6.07 Å². The van der Waals surface area contributed by atoms with Gasteiger partial charge in [0.15, 0.2) is 17.5 Å². The third-order valence-electron chi connectivity index (χ3n) is 4.82. The molecule has 2 aromatic rings. The highest BCUT2D eigenvalue weighted by molar-refractivity contribution is 7.80. The maximum Gasteiger partial charge on any atom is 0.259 e. The molecule has 0 radical (unpaired) electrons. The Labute approximate surface area is 168 Å². The largest absolute Gasteiger partial charge is 0.333 e. The zero-order valence-corrected chi connectivity index (χ0v) is 16.4. The average molecular weight is 427 g/mol. The summed E-state index contributed by atoms with van der Waals surface area (Å²) < 4.78 is 62.3. The number of hydrogen-bond acceptors (Lipinski definition) is 3. The average Bonchev–Trinajstić information content (AvgIpc) is 2.68. The molecule has 29 heavy (non-hydrogen) atoms. The van der Waals surface area contributed by atoms with Gasteiger partial charge in [0.25, 0.3) is 17.2 Å². The van der Waals surface area contributed by atoms with Crippen molar-refractivity contribution in [1.29, 1.82) is 0 Å². The Bertz CT molecular complexity index is 927. The summed E-state index contributed by atoms with van der Waals surface area (Å²) >= 11 is -2.19. The van der Waals surface area contributed by atoms with E-state index in [1.165, 1.54) is 18.2 Å². The van der Waals surface area contributed by atoms with Crippen LogP contribution in [0, 0.1) is 17.5 Å². The van der Waals surface area contributed by atoms with Crippen LogP contribution in [-0.4, -0.2) is 50.1 Å². The monoisotopic (exact) mass is 427 g/mol. The molecule has 1 fully saturated rings. The summed E-state index contributed by atoms with van der Waals surface area (Å²) in [5, 5.41) is 0. The zero-order valence-electron chi connectivity index (χ0n) is 15.6. The molecule has 3 rings (SSSR count). The van der Waals surface area contributed by atoms with Gasteiger partial charge in [0.05, 0.1) is 0 Å². The number of nitrogens with zero attached hydrogens (tertiary/aromatic N) is 2. The first kappa shape index (κ1) is 21.3. The fourth-order valence-electron chi connectivity index (χ4n) is 3.35. The summed E-state index contributed by atoms with van der Waals surface area (Å²) in [5.74, 6) is -4.07.